The molecule has 2 aliphatic heterocycles. The Balaban J connectivity index is 1.22. The fourth-order valence-corrected chi connectivity index (χ4v) is 7.10. The number of likely N-dealkylation sites (tertiary alicyclic amines) is 1. The van der Waals surface area contributed by atoms with Gasteiger partial charge in [-0.05, 0) is 98.9 Å². The number of piperidine rings is 1. The zero-order chi connectivity index (χ0) is 32.4. The molecule has 10 heteroatoms. The van der Waals surface area contributed by atoms with Crippen molar-refractivity contribution in [1.82, 2.24) is 20.1 Å². The number of carbonyl (C=O) groups excluding carboxylic acids is 3. The molecule has 0 aliphatic carbocycles. The van der Waals surface area contributed by atoms with Crippen molar-refractivity contribution in [3.63, 3.8) is 0 Å². The van der Waals surface area contributed by atoms with Crippen molar-refractivity contribution in [2.24, 2.45) is 11.8 Å². The Labute approximate surface area is 273 Å². The molecule has 3 amide bonds. The van der Waals surface area contributed by atoms with Gasteiger partial charge in [0.05, 0.1) is 0 Å². The van der Waals surface area contributed by atoms with Crippen LogP contribution in [0, 0.1) is 17.7 Å². The number of halogens is 2. The summed E-state index contributed by atoms with van der Waals surface area (Å²) in [6.07, 6.45) is 4.02. The summed E-state index contributed by atoms with van der Waals surface area (Å²) in [4.78, 5) is 50.2. The van der Waals surface area contributed by atoms with E-state index in [0.29, 0.717) is 49.5 Å². The summed E-state index contributed by atoms with van der Waals surface area (Å²) in [6.45, 7) is 2.10. The Morgan fingerprint density at radius 1 is 1.04 bits per heavy atom. The number of Topliss-reactive ketones (excluding diaryl/α,β-unsaturated/α-hetero) is 1. The van der Waals surface area contributed by atoms with Crippen molar-refractivity contribution in [3.05, 3.63) is 100 Å². The summed E-state index contributed by atoms with van der Waals surface area (Å²) in [5.74, 6) is -0.643. The summed E-state index contributed by atoms with van der Waals surface area (Å²) in [5.41, 5.74) is 4.22. The molecule has 4 aromatic rings. The number of nitrogens with one attached hydrogen (secondary N) is 2. The average molecular weight is 644 g/mol. The van der Waals surface area contributed by atoms with E-state index < -0.39 is 6.04 Å². The first-order chi connectivity index (χ1) is 22.2. The monoisotopic (exact) mass is 643 g/mol. The maximum atomic E-state index is 14.5. The van der Waals surface area contributed by atoms with Crippen LogP contribution >= 0.6 is 11.6 Å². The Hall–Kier alpha value is -4.21. The minimum absolute atomic E-state index is 0.0383. The van der Waals surface area contributed by atoms with Gasteiger partial charge in [0.2, 0.25) is 5.91 Å². The van der Waals surface area contributed by atoms with Gasteiger partial charge in [-0.15, -0.1) is 0 Å². The second-order valence-electron chi connectivity index (χ2n) is 12.8. The van der Waals surface area contributed by atoms with Crippen molar-refractivity contribution in [1.29, 1.82) is 0 Å². The van der Waals surface area contributed by atoms with Gasteiger partial charge in [-0.2, -0.15) is 0 Å². The van der Waals surface area contributed by atoms with E-state index in [4.69, 9.17) is 11.6 Å². The maximum Gasteiger partial charge on any atom is 0.318 e. The molecule has 0 unspecified atom stereocenters. The van der Waals surface area contributed by atoms with E-state index in [9.17, 15) is 18.8 Å². The molecule has 1 saturated heterocycles. The first-order valence-electron chi connectivity index (χ1n) is 15.8. The van der Waals surface area contributed by atoms with Crippen molar-refractivity contribution in [2.75, 3.05) is 45.2 Å². The number of benzene rings is 3. The second-order valence-corrected chi connectivity index (χ2v) is 13.2. The number of fused-ring (bicyclic) bond motifs is 2. The topological polar surface area (TPSA) is 88.8 Å². The smallest absolute Gasteiger partial charge is 0.318 e. The summed E-state index contributed by atoms with van der Waals surface area (Å²) in [6, 6.07) is 18.0. The van der Waals surface area contributed by atoms with Gasteiger partial charge in [-0.3, -0.25) is 9.59 Å². The number of ketones is 1. The van der Waals surface area contributed by atoms with Crippen LogP contribution in [-0.2, 0) is 17.6 Å². The van der Waals surface area contributed by atoms with E-state index in [1.54, 1.807) is 11.0 Å². The number of para-hydroxylation sites is 1. The van der Waals surface area contributed by atoms with E-state index in [1.165, 1.54) is 24.3 Å². The summed E-state index contributed by atoms with van der Waals surface area (Å²) in [5, 5.41) is 4.72. The molecule has 0 radical (unpaired) electrons. The minimum Gasteiger partial charge on any atom is -0.361 e. The zero-order valence-electron chi connectivity index (χ0n) is 26.1. The third-order valence-corrected chi connectivity index (χ3v) is 9.38. The largest absolute Gasteiger partial charge is 0.361 e. The van der Waals surface area contributed by atoms with Crippen LogP contribution in [0.5, 0.6) is 0 Å². The van der Waals surface area contributed by atoms with Crippen LogP contribution in [0.25, 0.3) is 10.9 Å². The third kappa shape index (κ3) is 6.95. The summed E-state index contributed by atoms with van der Waals surface area (Å²) >= 11 is 6.38. The quantitative estimate of drug-likeness (QED) is 0.233. The molecule has 2 aliphatic rings. The molecule has 3 heterocycles. The van der Waals surface area contributed by atoms with E-state index in [1.807, 2.05) is 61.6 Å². The fourth-order valence-electron chi connectivity index (χ4n) is 6.90. The van der Waals surface area contributed by atoms with Crippen molar-refractivity contribution in [2.45, 2.75) is 31.7 Å². The number of hydrogen-bond donors (Lipinski definition) is 2. The second kappa shape index (κ2) is 13.6. The Bertz CT molecular complexity index is 1730. The van der Waals surface area contributed by atoms with Crippen molar-refractivity contribution < 1.29 is 18.8 Å². The SMILES string of the molecule is CN(C)C[C@H]1Cc2cc(Cl)ccc2N(C(=O)[C@@H](Cc2c[nH]c3ccccc23)NC(=O)N2CCC(C(=O)c3ccc(F)cc3)CC2)C1. The highest BCUT2D eigenvalue weighted by Gasteiger charge is 2.36. The van der Waals surface area contributed by atoms with Crippen LogP contribution in [-0.4, -0.2) is 78.8 Å². The Morgan fingerprint density at radius 2 is 1.78 bits per heavy atom. The molecular weight excluding hydrogens is 605 g/mol. The van der Waals surface area contributed by atoms with Crippen molar-refractivity contribution in [3.8, 4) is 0 Å². The number of anilines is 1. The predicted octanol–water partition coefficient (Wildman–Crippen LogP) is 5.94. The van der Waals surface area contributed by atoms with Crippen LogP contribution in [0.1, 0.15) is 34.3 Å². The molecule has 8 nitrogen and oxygen atoms in total. The molecule has 1 fully saturated rings. The lowest BCUT2D eigenvalue weighted by Gasteiger charge is -2.38. The number of carbonyl (C=O) groups is 3. The number of nitrogens with zero attached hydrogens (tertiary/aromatic N) is 3. The van der Waals surface area contributed by atoms with Gasteiger partial charge < -0.3 is 25.0 Å². The Morgan fingerprint density at radius 3 is 2.52 bits per heavy atom. The van der Waals surface area contributed by atoms with Gasteiger partial charge in [0.1, 0.15) is 11.9 Å². The highest BCUT2D eigenvalue weighted by Crippen LogP contribution is 2.33. The van der Waals surface area contributed by atoms with Gasteiger partial charge in [-0.25, -0.2) is 9.18 Å². The van der Waals surface area contributed by atoms with E-state index in [2.05, 4.69) is 15.2 Å². The minimum atomic E-state index is -0.827. The summed E-state index contributed by atoms with van der Waals surface area (Å²) in [7, 11) is 4.05. The summed E-state index contributed by atoms with van der Waals surface area (Å²) < 4.78 is 13.4. The van der Waals surface area contributed by atoms with Gasteiger partial charge in [0.15, 0.2) is 5.78 Å². The fraction of sp³-hybridized carbons (Fsp3) is 0.361. The standard InChI is InChI=1S/C36H39ClFN5O3/c1-41(2)21-23-17-26-18-28(37)9-12-33(26)43(22-23)35(45)32(19-27-20-39-31-6-4-3-5-30(27)31)40-36(46)42-15-13-25(14-16-42)34(44)24-7-10-29(38)11-8-24/h3-12,18,20,23,25,32,39H,13-17,19,21-22H2,1-2H3,(H,40,46)/t23-,32-/m1/s1. The average Bonchev–Trinajstić information content (AvgIpc) is 3.46. The Kier molecular flexibility index (Phi) is 9.42. The predicted molar refractivity (Wildman–Crippen MR) is 179 cm³/mol. The van der Waals surface area contributed by atoms with Crippen LogP contribution in [0.4, 0.5) is 14.9 Å². The first-order valence-corrected chi connectivity index (χ1v) is 16.2. The van der Waals surface area contributed by atoms with Gasteiger partial charge >= 0.3 is 6.03 Å². The lowest BCUT2D eigenvalue weighted by Crippen LogP contribution is -2.56. The number of H-pyrrole nitrogens is 1. The van der Waals surface area contributed by atoms with E-state index in [-0.39, 0.29) is 35.4 Å². The molecule has 46 heavy (non-hydrogen) atoms. The maximum absolute atomic E-state index is 14.5. The number of rotatable bonds is 8. The number of hydrogen-bond acceptors (Lipinski definition) is 4. The molecule has 2 N–H and O–H groups in total. The van der Waals surface area contributed by atoms with Crippen LogP contribution in [0.15, 0.2) is 72.9 Å². The molecule has 3 aromatic carbocycles. The number of urea groups is 1. The van der Waals surface area contributed by atoms with Crippen LogP contribution in [0.3, 0.4) is 0 Å². The zero-order valence-corrected chi connectivity index (χ0v) is 26.9. The van der Waals surface area contributed by atoms with E-state index >= 15 is 0 Å². The highest BCUT2D eigenvalue weighted by molar-refractivity contribution is 6.30. The van der Waals surface area contributed by atoms with Crippen LogP contribution in [0.2, 0.25) is 5.02 Å². The van der Waals surface area contributed by atoms with Gasteiger partial charge in [-0.1, -0.05) is 29.8 Å². The molecule has 6 rings (SSSR count). The van der Waals surface area contributed by atoms with Gasteiger partial charge in [0, 0.05) is 71.9 Å². The molecule has 0 bridgehead atoms. The normalized spacial score (nSPS) is 17.6. The highest BCUT2D eigenvalue weighted by atomic mass is 35.5. The third-order valence-electron chi connectivity index (χ3n) is 9.15. The lowest BCUT2D eigenvalue weighted by atomic mass is 9.89. The molecule has 240 valence electrons. The van der Waals surface area contributed by atoms with Gasteiger partial charge in [0.25, 0.3) is 0 Å². The lowest BCUT2D eigenvalue weighted by molar-refractivity contribution is -0.120. The number of aromatic amines is 1. The molecule has 1 aromatic heterocycles. The van der Waals surface area contributed by atoms with Crippen LogP contribution < -0.4 is 10.2 Å². The number of aromatic nitrogens is 1. The van der Waals surface area contributed by atoms with Crippen molar-refractivity contribution >= 4 is 45.9 Å². The molecule has 2 atom stereocenters. The molecular formula is C36H39ClFN5O3. The molecule has 0 spiro atoms. The first kappa shape index (κ1) is 31.8. The number of amides is 3. The van der Waals surface area contributed by atoms with E-state index in [0.717, 1.165) is 40.7 Å². The molecule has 0 saturated carbocycles.